The number of rotatable bonds is 3. The number of hydrogen-bond acceptors (Lipinski definition) is 5. The van der Waals surface area contributed by atoms with Crippen molar-refractivity contribution in [3.05, 3.63) is 36.0 Å². The number of aliphatic carboxylic acids is 2. The van der Waals surface area contributed by atoms with Crippen LogP contribution in [0.25, 0.3) is 10.9 Å². The third-order valence-electron chi connectivity index (χ3n) is 3.08. The lowest BCUT2D eigenvalue weighted by Gasteiger charge is -2.20. The van der Waals surface area contributed by atoms with E-state index in [9.17, 15) is 4.79 Å². The first kappa shape index (κ1) is 21.0. The summed E-state index contributed by atoms with van der Waals surface area (Å²) < 4.78 is 0. The number of amides is 1. The lowest BCUT2D eigenvalue weighted by molar-refractivity contribution is -0.159. The fourth-order valence-corrected chi connectivity index (χ4v) is 1.95. The van der Waals surface area contributed by atoms with Gasteiger partial charge in [0.15, 0.2) is 0 Å². The summed E-state index contributed by atoms with van der Waals surface area (Å²) in [6.45, 7) is 8.32. The smallest absolute Gasteiger partial charge is 0.414 e. The maximum absolute atomic E-state index is 12.0. The predicted molar refractivity (Wildman–Crippen MR) is 98.1 cm³/mol. The van der Waals surface area contributed by atoms with Crippen LogP contribution in [-0.2, 0) is 14.4 Å². The Hall–Kier alpha value is -3.00. The molecule has 1 heterocycles. The van der Waals surface area contributed by atoms with Crippen molar-refractivity contribution < 1.29 is 24.6 Å². The molecule has 0 saturated heterocycles. The van der Waals surface area contributed by atoms with Gasteiger partial charge in [-0.3, -0.25) is 9.78 Å². The maximum Gasteiger partial charge on any atom is 0.414 e. The van der Waals surface area contributed by atoms with Crippen molar-refractivity contribution in [1.82, 2.24) is 10.3 Å². The molecule has 140 valence electrons. The van der Waals surface area contributed by atoms with Crippen molar-refractivity contribution in [2.45, 2.75) is 33.2 Å². The molecule has 0 atom stereocenters. The molecular formula is C18H23N3O5. The maximum atomic E-state index is 12.0. The molecule has 26 heavy (non-hydrogen) atoms. The molecule has 0 aliphatic rings. The molecule has 0 saturated carbocycles. The highest BCUT2D eigenvalue weighted by atomic mass is 16.4. The van der Waals surface area contributed by atoms with Crippen LogP contribution in [0.1, 0.15) is 26.5 Å². The van der Waals surface area contributed by atoms with Gasteiger partial charge in [0.1, 0.15) is 0 Å². The van der Waals surface area contributed by atoms with E-state index in [1.807, 2.05) is 58.0 Å². The monoisotopic (exact) mass is 361 g/mol. The number of carboxylic acids is 2. The lowest BCUT2D eigenvalue weighted by atomic mass is 10.1. The van der Waals surface area contributed by atoms with Gasteiger partial charge in [-0.2, -0.15) is 0 Å². The summed E-state index contributed by atoms with van der Waals surface area (Å²) in [5.74, 6) is -3.69. The Labute approximate surface area is 151 Å². The van der Waals surface area contributed by atoms with Crippen molar-refractivity contribution >= 4 is 34.4 Å². The molecule has 8 nitrogen and oxygen atoms in total. The molecular weight excluding hydrogens is 338 g/mol. The fraction of sp³-hybridized carbons (Fsp3) is 0.333. The number of pyridine rings is 1. The first-order valence-corrected chi connectivity index (χ1v) is 7.87. The molecule has 0 radical (unpaired) electrons. The minimum atomic E-state index is -1.82. The van der Waals surface area contributed by atoms with Gasteiger partial charge in [-0.1, -0.05) is 18.2 Å². The van der Waals surface area contributed by atoms with E-state index in [2.05, 4.69) is 15.6 Å². The second-order valence-electron chi connectivity index (χ2n) is 6.59. The van der Waals surface area contributed by atoms with Gasteiger partial charge in [0.2, 0.25) is 5.91 Å². The molecule has 1 amide bonds. The fourth-order valence-electron chi connectivity index (χ4n) is 1.95. The van der Waals surface area contributed by atoms with E-state index < -0.39 is 11.9 Å². The number of benzene rings is 1. The van der Waals surface area contributed by atoms with E-state index in [1.165, 1.54) is 0 Å². The largest absolute Gasteiger partial charge is 0.473 e. The van der Waals surface area contributed by atoms with E-state index in [4.69, 9.17) is 19.8 Å². The van der Waals surface area contributed by atoms with Crippen LogP contribution in [0.2, 0.25) is 0 Å². The molecule has 1 aromatic carbocycles. The Kier molecular flexibility index (Phi) is 7.21. The Morgan fingerprint density at radius 3 is 2.19 bits per heavy atom. The van der Waals surface area contributed by atoms with Gasteiger partial charge in [0.05, 0.1) is 17.7 Å². The highest BCUT2D eigenvalue weighted by Gasteiger charge is 2.12. The number of fused-ring (bicyclic) bond motifs is 1. The molecule has 0 spiro atoms. The third kappa shape index (κ3) is 7.27. The van der Waals surface area contributed by atoms with Crippen LogP contribution in [0, 0.1) is 6.92 Å². The van der Waals surface area contributed by atoms with Crippen LogP contribution in [0.15, 0.2) is 30.3 Å². The highest BCUT2D eigenvalue weighted by Crippen LogP contribution is 2.22. The number of hydrogen-bond donors (Lipinski definition) is 4. The number of anilines is 1. The summed E-state index contributed by atoms with van der Waals surface area (Å²) in [7, 11) is 0. The van der Waals surface area contributed by atoms with E-state index in [0.29, 0.717) is 6.54 Å². The summed E-state index contributed by atoms with van der Waals surface area (Å²) in [4.78, 5) is 34.7. The van der Waals surface area contributed by atoms with E-state index in [1.54, 1.807) is 0 Å². The van der Waals surface area contributed by atoms with Crippen molar-refractivity contribution in [3.63, 3.8) is 0 Å². The predicted octanol–water partition coefficient (Wildman–Crippen LogP) is 2.03. The minimum Gasteiger partial charge on any atom is -0.473 e. The molecule has 2 aromatic rings. The van der Waals surface area contributed by atoms with Gasteiger partial charge in [0.25, 0.3) is 0 Å². The SMILES string of the molecule is Cc1cc(NC(=O)CNC(C)(C)C)c2ccccc2n1.O=C(O)C(=O)O. The Balaban J connectivity index is 0.000000487. The molecule has 4 N–H and O–H groups in total. The van der Waals surface area contributed by atoms with Crippen LogP contribution >= 0.6 is 0 Å². The van der Waals surface area contributed by atoms with Crippen LogP contribution < -0.4 is 10.6 Å². The van der Waals surface area contributed by atoms with E-state index in [0.717, 1.165) is 22.3 Å². The zero-order valence-electron chi connectivity index (χ0n) is 15.2. The highest BCUT2D eigenvalue weighted by molar-refractivity contribution is 6.27. The normalized spacial score (nSPS) is 10.6. The number of para-hydroxylation sites is 1. The van der Waals surface area contributed by atoms with Crippen molar-refractivity contribution in [3.8, 4) is 0 Å². The molecule has 1 aromatic heterocycles. The number of nitrogens with one attached hydrogen (secondary N) is 2. The molecule has 0 aliphatic heterocycles. The Morgan fingerprint density at radius 1 is 1.08 bits per heavy atom. The molecule has 0 aliphatic carbocycles. The first-order chi connectivity index (χ1) is 12.0. The van der Waals surface area contributed by atoms with Gasteiger partial charge in [-0.15, -0.1) is 0 Å². The Morgan fingerprint density at radius 2 is 1.65 bits per heavy atom. The quantitative estimate of drug-likeness (QED) is 0.616. The van der Waals surface area contributed by atoms with Gasteiger partial charge >= 0.3 is 11.9 Å². The average molecular weight is 361 g/mol. The van der Waals surface area contributed by atoms with Gasteiger partial charge in [0, 0.05) is 16.6 Å². The lowest BCUT2D eigenvalue weighted by Crippen LogP contribution is -2.41. The topological polar surface area (TPSA) is 129 Å². The molecule has 0 bridgehead atoms. The van der Waals surface area contributed by atoms with Gasteiger partial charge in [-0.05, 0) is 39.8 Å². The number of carbonyl (C=O) groups is 3. The van der Waals surface area contributed by atoms with E-state index in [-0.39, 0.29) is 11.4 Å². The standard InChI is InChI=1S/C16H21N3O.C2H2O4/c1-11-9-14(12-7-5-6-8-13(12)18-11)19-15(20)10-17-16(2,3)4;3-1(4)2(5)6/h5-9,17H,10H2,1-4H3,(H,18,19,20);(H,3,4)(H,5,6). The second-order valence-corrected chi connectivity index (χ2v) is 6.59. The number of carbonyl (C=O) groups excluding carboxylic acids is 1. The number of aryl methyl sites for hydroxylation is 1. The average Bonchev–Trinajstić information content (AvgIpc) is 2.52. The van der Waals surface area contributed by atoms with Crippen molar-refractivity contribution in [2.75, 3.05) is 11.9 Å². The van der Waals surface area contributed by atoms with Gasteiger partial charge < -0.3 is 20.8 Å². The molecule has 0 fully saturated rings. The summed E-state index contributed by atoms with van der Waals surface area (Å²) >= 11 is 0. The second kappa shape index (κ2) is 8.91. The molecule has 2 rings (SSSR count). The zero-order chi connectivity index (χ0) is 19.9. The molecule has 0 unspecified atom stereocenters. The van der Waals surface area contributed by atoms with Crippen LogP contribution in [0.4, 0.5) is 5.69 Å². The summed E-state index contributed by atoms with van der Waals surface area (Å²) in [5.41, 5.74) is 2.52. The first-order valence-electron chi connectivity index (χ1n) is 7.87. The van der Waals surface area contributed by atoms with Crippen LogP contribution in [-0.4, -0.2) is 45.1 Å². The third-order valence-corrected chi connectivity index (χ3v) is 3.08. The number of nitrogens with zero attached hydrogens (tertiary/aromatic N) is 1. The number of carboxylic acid groups (broad SMARTS) is 2. The summed E-state index contributed by atoms with van der Waals surface area (Å²) in [6.07, 6.45) is 0. The van der Waals surface area contributed by atoms with E-state index >= 15 is 0 Å². The van der Waals surface area contributed by atoms with Crippen LogP contribution in [0.5, 0.6) is 0 Å². The summed E-state index contributed by atoms with van der Waals surface area (Å²) in [6, 6.07) is 9.71. The number of aromatic nitrogens is 1. The summed E-state index contributed by atoms with van der Waals surface area (Å²) in [5, 5.41) is 21.9. The van der Waals surface area contributed by atoms with Crippen molar-refractivity contribution in [2.24, 2.45) is 0 Å². The molecule has 8 heteroatoms. The minimum absolute atomic E-state index is 0.0457. The zero-order valence-corrected chi connectivity index (χ0v) is 15.2. The Bertz CT molecular complexity index is 800. The van der Waals surface area contributed by atoms with Gasteiger partial charge in [-0.25, -0.2) is 9.59 Å². The van der Waals surface area contributed by atoms with Crippen LogP contribution in [0.3, 0.4) is 0 Å². The van der Waals surface area contributed by atoms with Crippen molar-refractivity contribution in [1.29, 1.82) is 0 Å².